The zero-order valence-electron chi connectivity index (χ0n) is 18.4. The molecule has 2 saturated heterocycles. The predicted octanol–water partition coefficient (Wildman–Crippen LogP) is 2.72. The van der Waals surface area contributed by atoms with Crippen molar-refractivity contribution in [3.8, 4) is 5.75 Å². The lowest BCUT2D eigenvalue weighted by molar-refractivity contribution is -0.137. The number of hydrogen-bond acceptors (Lipinski definition) is 5. The van der Waals surface area contributed by atoms with Gasteiger partial charge in [0.1, 0.15) is 22.3 Å². The van der Waals surface area contributed by atoms with E-state index in [4.69, 9.17) is 4.74 Å². The highest BCUT2D eigenvalue weighted by molar-refractivity contribution is 7.89. The molecule has 7 nitrogen and oxygen atoms in total. The van der Waals surface area contributed by atoms with E-state index < -0.39 is 21.8 Å². The molecule has 2 fully saturated rings. The van der Waals surface area contributed by atoms with Crippen molar-refractivity contribution in [2.75, 3.05) is 51.3 Å². The van der Waals surface area contributed by atoms with Crippen LogP contribution in [0.15, 0.2) is 47.4 Å². The number of carbonyl (C=O) groups is 1. The smallest absolute Gasteiger partial charge is 0.246 e. The van der Waals surface area contributed by atoms with Crippen molar-refractivity contribution in [1.82, 2.24) is 9.21 Å². The number of benzene rings is 2. The third kappa shape index (κ3) is 4.81. The van der Waals surface area contributed by atoms with E-state index >= 15 is 0 Å². The Kier molecular flexibility index (Phi) is 6.85. The number of nitrogens with zero attached hydrogens (tertiary/aromatic N) is 3. The summed E-state index contributed by atoms with van der Waals surface area (Å²) in [5, 5.41) is 0. The summed E-state index contributed by atoms with van der Waals surface area (Å²) < 4.78 is 60.6. The van der Waals surface area contributed by atoms with Crippen molar-refractivity contribution >= 4 is 21.6 Å². The highest BCUT2D eigenvalue weighted by atomic mass is 32.2. The lowest BCUT2D eigenvalue weighted by Crippen LogP contribution is -2.53. The summed E-state index contributed by atoms with van der Waals surface area (Å²) in [5.41, 5.74) is 0.517. The molecule has 10 heteroatoms. The number of piperidine rings is 1. The van der Waals surface area contributed by atoms with E-state index in [1.807, 2.05) is 4.90 Å². The Morgan fingerprint density at radius 2 is 1.76 bits per heavy atom. The predicted molar refractivity (Wildman–Crippen MR) is 120 cm³/mol. The van der Waals surface area contributed by atoms with Crippen LogP contribution in [0.25, 0.3) is 0 Å². The van der Waals surface area contributed by atoms with Gasteiger partial charge >= 0.3 is 0 Å². The molecular formula is C23H27F2N3O4S. The molecule has 0 aliphatic carbocycles. The van der Waals surface area contributed by atoms with E-state index in [-0.39, 0.29) is 35.5 Å². The van der Waals surface area contributed by atoms with E-state index in [0.29, 0.717) is 44.7 Å². The summed E-state index contributed by atoms with van der Waals surface area (Å²) in [6.07, 6.45) is 1.11. The number of methoxy groups -OCH3 is 1. The fraction of sp³-hybridized carbons (Fsp3) is 0.435. The molecule has 2 heterocycles. The summed E-state index contributed by atoms with van der Waals surface area (Å²) in [4.78, 5) is 16.6. The number of hydrogen-bond donors (Lipinski definition) is 0. The second kappa shape index (κ2) is 9.64. The Bertz CT molecular complexity index is 1120. The number of para-hydroxylation sites is 1. The number of piperazine rings is 1. The summed E-state index contributed by atoms with van der Waals surface area (Å²) >= 11 is 0. The van der Waals surface area contributed by atoms with Crippen molar-refractivity contribution in [2.24, 2.45) is 5.92 Å². The first-order chi connectivity index (χ1) is 15.8. The third-order valence-electron chi connectivity index (χ3n) is 6.26. The number of carbonyl (C=O) groups excluding carboxylic acids is 1. The monoisotopic (exact) mass is 479 g/mol. The van der Waals surface area contributed by atoms with Gasteiger partial charge in [-0.2, -0.15) is 4.31 Å². The van der Waals surface area contributed by atoms with Gasteiger partial charge in [-0.05, 0) is 43.2 Å². The average Bonchev–Trinajstić information content (AvgIpc) is 2.84. The van der Waals surface area contributed by atoms with Gasteiger partial charge in [-0.15, -0.1) is 0 Å². The SMILES string of the molecule is COc1ccc(F)cc1S(=O)(=O)N1CCC[C@@H](C(=O)N2CCN(c3ccccc3F)CC2)C1. The van der Waals surface area contributed by atoms with Crippen LogP contribution in [-0.4, -0.2) is 69.9 Å². The molecular weight excluding hydrogens is 452 g/mol. The first kappa shape index (κ1) is 23.4. The molecule has 0 saturated carbocycles. The Balaban J connectivity index is 1.43. The molecule has 0 bridgehead atoms. The Hall–Kier alpha value is -2.72. The molecule has 2 aliphatic rings. The van der Waals surface area contributed by atoms with Crippen LogP contribution in [0.4, 0.5) is 14.5 Å². The molecule has 0 N–H and O–H groups in total. The number of amides is 1. The van der Waals surface area contributed by atoms with Gasteiger partial charge in [-0.3, -0.25) is 4.79 Å². The molecule has 2 aromatic rings. The maximum absolute atomic E-state index is 14.1. The van der Waals surface area contributed by atoms with Gasteiger partial charge in [0.25, 0.3) is 0 Å². The Labute approximate surface area is 192 Å². The maximum Gasteiger partial charge on any atom is 0.246 e. The largest absolute Gasteiger partial charge is 0.495 e. The molecule has 0 unspecified atom stereocenters. The second-order valence-electron chi connectivity index (χ2n) is 8.26. The fourth-order valence-corrected chi connectivity index (χ4v) is 6.18. The quantitative estimate of drug-likeness (QED) is 0.660. The summed E-state index contributed by atoms with van der Waals surface area (Å²) in [5.74, 6) is -1.48. The van der Waals surface area contributed by atoms with Crippen LogP contribution >= 0.6 is 0 Å². The van der Waals surface area contributed by atoms with Gasteiger partial charge in [0, 0.05) is 39.3 Å². The zero-order chi connectivity index (χ0) is 23.6. The van der Waals surface area contributed by atoms with E-state index in [1.165, 1.54) is 23.5 Å². The van der Waals surface area contributed by atoms with Crippen LogP contribution in [0.5, 0.6) is 5.75 Å². The fourth-order valence-electron chi connectivity index (χ4n) is 4.49. The Morgan fingerprint density at radius 3 is 2.45 bits per heavy atom. The summed E-state index contributed by atoms with van der Waals surface area (Å²) in [6, 6.07) is 9.92. The van der Waals surface area contributed by atoms with Gasteiger partial charge in [0.2, 0.25) is 15.9 Å². The molecule has 1 atom stereocenters. The normalized spacial score (nSPS) is 20.0. The molecule has 4 rings (SSSR count). The third-order valence-corrected chi connectivity index (χ3v) is 8.15. The minimum absolute atomic E-state index is 0.0361. The molecule has 2 aliphatic heterocycles. The molecule has 2 aromatic carbocycles. The van der Waals surface area contributed by atoms with E-state index in [2.05, 4.69) is 0 Å². The molecule has 0 spiro atoms. The lowest BCUT2D eigenvalue weighted by Gasteiger charge is -2.39. The van der Waals surface area contributed by atoms with Crippen LogP contribution in [0, 0.1) is 17.6 Å². The minimum Gasteiger partial charge on any atom is -0.495 e. The van der Waals surface area contributed by atoms with Gasteiger partial charge in [0.05, 0.1) is 18.7 Å². The number of ether oxygens (including phenoxy) is 1. The van der Waals surface area contributed by atoms with E-state index in [1.54, 1.807) is 23.1 Å². The average molecular weight is 480 g/mol. The summed E-state index contributed by atoms with van der Waals surface area (Å²) in [6.45, 7) is 2.17. The summed E-state index contributed by atoms with van der Waals surface area (Å²) in [7, 11) is -2.70. The van der Waals surface area contributed by atoms with Crippen molar-refractivity contribution < 1.29 is 26.7 Å². The van der Waals surface area contributed by atoms with Crippen molar-refractivity contribution in [1.29, 1.82) is 0 Å². The van der Waals surface area contributed by atoms with Crippen LogP contribution in [0.2, 0.25) is 0 Å². The number of sulfonamides is 1. The van der Waals surface area contributed by atoms with Crippen molar-refractivity contribution in [2.45, 2.75) is 17.7 Å². The Morgan fingerprint density at radius 1 is 1.03 bits per heavy atom. The van der Waals surface area contributed by atoms with Crippen LogP contribution in [0.3, 0.4) is 0 Å². The highest BCUT2D eigenvalue weighted by Crippen LogP contribution is 2.31. The second-order valence-corrected chi connectivity index (χ2v) is 10.2. The van der Waals surface area contributed by atoms with Gasteiger partial charge in [0.15, 0.2) is 0 Å². The molecule has 1 amide bonds. The molecule has 178 valence electrons. The van der Waals surface area contributed by atoms with Crippen molar-refractivity contribution in [3.63, 3.8) is 0 Å². The lowest BCUT2D eigenvalue weighted by atomic mass is 9.97. The van der Waals surface area contributed by atoms with Crippen LogP contribution < -0.4 is 9.64 Å². The number of rotatable bonds is 5. The zero-order valence-corrected chi connectivity index (χ0v) is 19.2. The molecule has 0 radical (unpaired) electrons. The van der Waals surface area contributed by atoms with Gasteiger partial charge < -0.3 is 14.5 Å². The van der Waals surface area contributed by atoms with E-state index in [0.717, 1.165) is 12.1 Å². The van der Waals surface area contributed by atoms with E-state index in [9.17, 15) is 22.0 Å². The molecule has 33 heavy (non-hydrogen) atoms. The van der Waals surface area contributed by atoms with Gasteiger partial charge in [-0.1, -0.05) is 12.1 Å². The standard InChI is InChI=1S/C23H27F2N3O4S/c1-32-21-9-8-18(24)15-22(21)33(30,31)28-10-4-5-17(16-28)23(29)27-13-11-26(12-14-27)20-7-3-2-6-19(20)25/h2-3,6-9,15,17H,4-5,10-14,16H2,1H3/t17-/m1/s1. The highest BCUT2D eigenvalue weighted by Gasteiger charge is 2.37. The van der Waals surface area contributed by atoms with Crippen LogP contribution in [-0.2, 0) is 14.8 Å². The maximum atomic E-state index is 14.1. The first-order valence-electron chi connectivity index (χ1n) is 10.9. The van der Waals surface area contributed by atoms with Crippen molar-refractivity contribution in [3.05, 3.63) is 54.1 Å². The van der Waals surface area contributed by atoms with Crippen LogP contribution in [0.1, 0.15) is 12.8 Å². The number of anilines is 1. The topological polar surface area (TPSA) is 70.2 Å². The number of halogens is 2. The van der Waals surface area contributed by atoms with Gasteiger partial charge in [-0.25, -0.2) is 17.2 Å². The first-order valence-corrected chi connectivity index (χ1v) is 12.4. The minimum atomic E-state index is -4.03. The molecule has 0 aromatic heterocycles.